The van der Waals surface area contributed by atoms with E-state index in [9.17, 15) is 4.79 Å². The Bertz CT molecular complexity index is 1380. The molecular formula is C30H31N3O2. The number of pyridine rings is 1. The van der Waals surface area contributed by atoms with Crippen LogP contribution in [0.15, 0.2) is 79.5 Å². The van der Waals surface area contributed by atoms with E-state index in [-0.39, 0.29) is 11.6 Å². The fraction of sp³-hybridized carbons (Fsp3) is 0.267. The molecule has 0 saturated heterocycles. The number of hydrogen-bond donors (Lipinski definition) is 1. The molecule has 4 aromatic rings. The van der Waals surface area contributed by atoms with Gasteiger partial charge in [0.05, 0.1) is 16.9 Å². The number of imidazole rings is 1. The zero-order valence-corrected chi connectivity index (χ0v) is 20.5. The summed E-state index contributed by atoms with van der Waals surface area (Å²) in [6.45, 7) is 9.61. The summed E-state index contributed by atoms with van der Waals surface area (Å²) >= 11 is 0. The first kappa shape index (κ1) is 22.9. The number of hydrogen-bond acceptors (Lipinski definition) is 3. The Morgan fingerprint density at radius 2 is 1.74 bits per heavy atom. The third-order valence-electron chi connectivity index (χ3n) is 6.61. The molecule has 0 radical (unpaired) electrons. The molecule has 5 rings (SSSR count). The fourth-order valence-corrected chi connectivity index (χ4v) is 4.78. The monoisotopic (exact) mass is 465 g/mol. The van der Waals surface area contributed by atoms with Gasteiger partial charge >= 0.3 is 6.09 Å². The maximum atomic E-state index is 12.5. The summed E-state index contributed by atoms with van der Waals surface area (Å²) in [5.41, 5.74) is 6.14. The Labute approximate surface area is 206 Å². The number of rotatable bonds is 5. The van der Waals surface area contributed by atoms with E-state index in [2.05, 4.69) is 52.7 Å². The molecular weight excluding hydrogens is 434 g/mol. The van der Waals surface area contributed by atoms with Crippen molar-refractivity contribution in [1.82, 2.24) is 14.7 Å². The molecule has 5 heteroatoms. The lowest BCUT2D eigenvalue weighted by Crippen LogP contribution is -2.52. The van der Waals surface area contributed by atoms with Gasteiger partial charge in [0.1, 0.15) is 11.2 Å². The molecule has 0 spiro atoms. The minimum Gasteiger partial charge on any atom is -0.444 e. The highest BCUT2D eigenvalue weighted by Gasteiger charge is 2.41. The summed E-state index contributed by atoms with van der Waals surface area (Å²) in [7, 11) is 0. The largest absolute Gasteiger partial charge is 0.444 e. The molecule has 178 valence electrons. The Morgan fingerprint density at radius 3 is 2.34 bits per heavy atom. The number of carbonyl (C=O) groups is 1. The maximum Gasteiger partial charge on any atom is 0.408 e. The highest BCUT2D eigenvalue weighted by atomic mass is 16.6. The van der Waals surface area contributed by atoms with Crippen molar-refractivity contribution in [3.05, 3.63) is 90.6 Å². The molecule has 2 aromatic heterocycles. The smallest absolute Gasteiger partial charge is 0.408 e. The number of nitrogens with zero attached hydrogens (tertiary/aromatic N) is 2. The average molecular weight is 466 g/mol. The Hall–Kier alpha value is -3.86. The van der Waals surface area contributed by atoms with Crippen LogP contribution in [0.4, 0.5) is 4.79 Å². The standard InChI is InChI=1S/C30H31N3O2/c1-5-21-13-9-20-33-26(23-11-7-6-8-12-23)25(31-27(21)33)22-14-16-24(17-15-22)30(18-10-19-30)32-28(34)35-29(2,3)4/h5-9,11-17,20H,1,10,18-19H2,2-4H3,(H,32,34). The summed E-state index contributed by atoms with van der Waals surface area (Å²) < 4.78 is 7.67. The van der Waals surface area contributed by atoms with E-state index >= 15 is 0 Å². The highest BCUT2D eigenvalue weighted by Crippen LogP contribution is 2.42. The SMILES string of the molecule is C=Cc1cccn2c(-c3ccccc3)c(-c3ccc(C4(NC(=O)OC(C)(C)C)CCC4)cc3)nc12. The van der Waals surface area contributed by atoms with Crippen molar-refractivity contribution < 1.29 is 9.53 Å². The van der Waals surface area contributed by atoms with Gasteiger partial charge in [-0.2, -0.15) is 0 Å². The third kappa shape index (κ3) is 4.34. The van der Waals surface area contributed by atoms with E-state index in [1.807, 2.05) is 63.4 Å². The first-order valence-corrected chi connectivity index (χ1v) is 12.1. The molecule has 1 saturated carbocycles. The molecule has 1 aliphatic rings. The predicted molar refractivity (Wildman–Crippen MR) is 141 cm³/mol. The van der Waals surface area contributed by atoms with Crippen molar-refractivity contribution in [2.24, 2.45) is 0 Å². The van der Waals surface area contributed by atoms with Gasteiger partial charge in [-0.3, -0.25) is 4.40 Å². The van der Waals surface area contributed by atoms with Crippen molar-refractivity contribution >= 4 is 17.8 Å². The molecule has 1 aliphatic carbocycles. The van der Waals surface area contributed by atoms with E-state index in [1.165, 1.54) is 0 Å². The van der Waals surface area contributed by atoms with Crippen molar-refractivity contribution in [1.29, 1.82) is 0 Å². The lowest BCUT2D eigenvalue weighted by Gasteiger charge is -2.43. The summed E-state index contributed by atoms with van der Waals surface area (Å²) in [4.78, 5) is 17.6. The number of carbonyl (C=O) groups excluding carboxylic acids is 1. The summed E-state index contributed by atoms with van der Waals surface area (Å²) in [6.07, 6.45) is 6.39. The average Bonchev–Trinajstić information content (AvgIpc) is 3.21. The van der Waals surface area contributed by atoms with Crippen LogP contribution in [-0.4, -0.2) is 21.1 Å². The number of aromatic nitrogens is 2. The molecule has 2 aromatic carbocycles. The molecule has 5 nitrogen and oxygen atoms in total. The summed E-state index contributed by atoms with van der Waals surface area (Å²) in [5.74, 6) is 0. The van der Waals surface area contributed by atoms with Crippen LogP contribution in [-0.2, 0) is 10.3 Å². The van der Waals surface area contributed by atoms with Crippen LogP contribution in [0.5, 0.6) is 0 Å². The highest BCUT2D eigenvalue weighted by molar-refractivity contribution is 5.84. The van der Waals surface area contributed by atoms with Crippen LogP contribution in [0.1, 0.15) is 51.2 Å². The van der Waals surface area contributed by atoms with Crippen molar-refractivity contribution in [2.75, 3.05) is 0 Å². The van der Waals surface area contributed by atoms with Gasteiger partial charge in [0.2, 0.25) is 0 Å². The first-order chi connectivity index (χ1) is 16.8. The zero-order valence-electron chi connectivity index (χ0n) is 20.5. The molecule has 35 heavy (non-hydrogen) atoms. The van der Waals surface area contributed by atoms with Crippen LogP contribution in [0.25, 0.3) is 34.2 Å². The topological polar surface area (TPSA) is 55.6 Å². The quantitative estimate of drug-likeness (QED) is 0.339. The first-order valence-electron chi connectivity index (χ1n) is 12.1. The van der Waals surface area contributed by atoms with E-state index in [0.29, 0.717) is 0 Å². The van der Waals surface area contributed by atoms with Crippen LogP contribution < -0.4 is 5.32 Å². The number of alkyl carbamates (subject to hydrolysis) is 1. The zero-order chi connectivity index (χ0) is 24.6. The van der Waals surface area contributed by atoms with Gasteiger partial charge in [0, 0.05) is 22.9 Å². The molecule has 1 amide bonds. The van der Waals surface area contributed by atoms with Crippen LogP contribution in [0, 0.1) is 0 Å². The van der Waals surface area contributed by atoms with Crippen LogP contribution in [0.3, 0.4) is 0 Å². The van der Waals surface area contributed by atoms with Gasteiger partial charge in [-0.25, -0.2) is 9.78 Å². The molecule has 1 fully saturated rings. The van der Waals surface area contributed by atoms with Gasteiger partial charge in [-0.15, -0.1) is 0 Å². The molecule has 2 heterocycles. The lowest BCUT2D eigenvalue weighted by molar-refractivity contribution is 0.0377. The lowest BCUT2D eigenvalue weighted by atomic mass is 9.71. The number of amides is 1. The van der Waals surface area contributed by atoms with E-state index < -0.39 is 5.60 Å². The van der Waals surface area contributed by atoms with E-state index in [0.717, 1.165) is 58.6 Å². The third-order valence-corrected chi connectivity index (χ3v) is 6.61. The van der Waals surface area contributed by atoms with Crippen LogP contribution >= 0.6 is 0 Å². The summed E-state index contributed by atoms with van der Waals surface area (Å²) in [6, 6.07) is 22.8. The maximum absolute atomic E-state index is 12.5. The number of fused-ring (bicyclic) bond motifs is 1. The second-order valence-corrected chi connectivity index (χ2v) is 10.2. The molecule has 0 atom stereocenters. The Kier molecular flexibility index (Phi) is 5.72. The second-order valence-electron chi connectivity index (χ2n) is 10.2. The fourth-order valence-electron chi connectivity index (χ4n) is 4.78. The minimum atomic E-state index is -0.528. The summed E-state index contributed by atoms with van der Waals surface area (Å²) in [5, 5.41) is 3.14. The normalized spacial score (nSPS) is 14.8. The van der Waals surface area contributed by atoms with Gasteiger partial charge in [0.25, 0.3) is 0 Å². The van der Waals surface area contributed by atoms with Crippen molar-refractivity contribution in [3.8, 4) is 22.5 Å². The van der Waals surface area contributed by atoms with Gasteiger partial charge in [-0.1, -0.05) is 67.3 Å². The molecule has 0 unspecified atom stereocenters. The predicted octanol–water partition coefficient (Wildman–Crippen LogP) is 7.22. The number of nitrogens with one attached hydrogen (secondary N) is 1. The molecule has 0 bridgehead atoms. The second kappa shape index (κ2) is 8.73. The van der Waals surface area contributed by atoms with Crippen molar-refractivity contribution in [3.63, 3.8) is 0 Å². The number of ether oxygens (including phenoxy) is 1. The van der Waals surface area contributed by atoms with Gasteiger partial charge < -0.3 is 10.1 Å². The molecule has 1 N–H and O–H groups in total. The number of benzene rings is 2. The van der Waals surface area contributed by atoms with E-state index in [1.54, 1.807) is 0 Å². The Morgan fingerprint density at radius 1 is 1.03 bits per heavy atom. The van der Waals surface area contributed by atoms with Crippen molar-refractivity contribution in [2.45, 2.75) is 51.2 Å². The van der Waals surface area contributed by atoms with Gasteiger partial charge in [0.15, 0.2) is 0 Å². The molecule has 0 aliphatic heterocycles. The minimum absolute atomic E-state index is 0.370. The van der Waals surface area contributed by atoms with Gasteiger partial charge in [-0.05, 0) is 57.7 Å². The van der Waals surface area contributed by atoms with E-state index in [4.69, 9.17) is 9.72 Å². The van der Waals surface area contributed by atoms with Crippen LogP contribution in [0.2, 0.25) is 0 Å². The Balaban J connectivity index is 1.54.